The highest BCUT2D eigenvalue weighted by Gasteiger charge is 2.09. The van der Waals surface area contributed by atoms with E-state index in [0.29, 0.717) is 28.0 Å². The molecule has 9 heteroatoms. The van der Waals surface area contributed by atoms with Crippen molar-refractivity contribution in [2.24, 2.45) is 5.10 Å². The second kappa shape index (κ2) is 9.68. The number of hydrogen-bond acceptors (Lipinski definition) is 5. The van der Waals surface area contributed by atoms with E-state index in [1.54, 1.807) is 43.5 Å². The number of rotatable bonds is 6. The molecule has 0 spiro atoms. The first-order chi connectivity index (χ1) is 15.8. The molecule has 0 fully saturated rings. The molecule has 7 nitrogen and oxygen atoms in total. The Morgan fingerprint density at radius 2 is 1.79 bits per heavy atom. The number of aryl methyl sites for hydroxylation is 1. The molecule has 0 aliphatic carbocycles. The maximum Gasteiger partial charge on any atom is 0.335 e. The quantitative estimate of drug-likeness (QED) is 0.314. The van der Waals surface area contributed by atoms with Crippen LogP contribution in [0.1, 0.15) is 27.3 Å². The molecule has 1 heterocycles. The highest BCUT2D eigenvalue weighted by molar-refractivity contribution is 9.10. The summed E-state index contributed by atoms with van der Waals surface area (Å²) in [5.74, 6) is 0.0449. The summed E-state index contributed by atoms with van der Waals surface area (Å²) in [5.41, 5.74) is 2.03. The topological polar surface area (TPSA) is 93.8 Å². The maximum absolute atomic E-state index is 13.0. The molecule has 0 aliphatic heterocycles. The molecule has 166 valence electrons. The molecule has 0 atom stereocenters. The van der Waals surface area contributed by atoms with Crippen molar-refractivity contribution in [2.75, 3.05) is 0 Å². The highest BCUT2D eigenvalue weighted by Crippen LogP contribution is 2.23. The van der Waals surface area contributed by atoms with Crippen molar-refractivity contribution in [1.82, 2.24) is 9.66 Å². The van der Waals surface area contributed by atoms with E-state index in [9.17, 15) is 9.59 Å². The lowest BCUT2D eigenvalue weighted by Gasteiger charge is -2.10. The van der Waals surface area contributed by atoms with Gasteiger partial charge in [-0.15, -0.1) is 0 Å². The molecule has 0 radical (unpaired) electrons. The van der Waals surface area contributed by atoms with Gasteiger partial charge in [0.25, 0.3) is 5.56 Å². The second-order valence-electron chi connectivity index (χ2n) is 7.15. The van der Waals surface area contributed by atoms with E-state index in [2.05, 4.69) is 41.9 Å². The third kappa shape index (κ3) is 5.20. The van der Waals surface area contributed by atoms with Crippen molar-refractivity contribution in [1.29, 1.82) is 0 Å². The van der Waals surface area contributed by atoms with E-state index in [0.717, 1.165) is 14.5 Å². The number of hydrogen-bond donors (Lipinski definition) is 1. The van der Waals surface area contributed by atoms with Gasteiger partial charge >= 0.3 is 5.97 Å². The van der Waals surface area contributed by atoms with Crippen LogP contribution in [-0.4, -0.2) is 27.0 Å². The van der Waals surface area contributed by atoms with Crippen molar-refractivity contribution in [3.63, 3.8) is 0 Å². The minimum Gasteiger partial charge on any atom is -0.488 e. The van der Waals surface area contributed by atoms with Crippen LogP contribution in [0, 0.1) is 6.92 Å². The van der Waals surface area contributed by atoms with Crippen molar-refractivity contribution >= 4 is 54.9 Å². The monoisotopic (exact) mass is 569 g/mol. The molecule has 1 N–H and O–H groups in total. The molecule has 0 amide bonds. The fourth-order valence-corrected chi connectivity index (χ4v) is 3.91. The third-order valence-corrected chi connectivity index (χ3v) is 5.84. The Bertz CT molecular complexity index is 1450. The first-order valence-corrected chi connectivity index (χ1v) is 11.4. The van der Waals surface area contributed by atoms with Crippen molar-refractivity contribution in [3.05, 3.63) is 102 Å². The van der Waals surface area contributed by atoms with Crippen molar-refractivity contribution in [3.8, 4) is 5.75 Å². The lowest BCUT2D eigenvalue weighted by atomic mass is 10.1. The van der Waals surface area contributed by atoms with Crippen LogP contribution in [0.5, 0.6) is 5.75 Å². The minimum absolute atomic E-state index is 0.215. The normalized spacial score (nSPS) is 11.2. The second-order valence-corrected chi connectivity index (χ2v) is 8.99. The van der Waals surface area contributed by atoms with Gasteiger partial charge < -0.3 is 9.84 Å². The first kappa shape index (κ1) is 22.9. The number of carboxylic acids is 1. The van der Waals surface area contributed by atoms with E-state index in [4.69, 9.17) is 9.84 Å². The van der Waals surface area contributed by atoms with Gasteiger partial charge in [-0.1, -0.05) is 44.0 Å². The molecule has 33 heavy (non-hydrogen) atoms. The molecular formula is C24H17Br2N3O4. The van der Waals surface area contributed by atoms with Gasteiger partial charge in [-0.2, -0.15) is 9.78 Å². The van der Waals surface area contributed by atoms with Crippen LogP contribution in [0.4, 0.5) is 0 Å². The largest absolute Gasteiger partial charge is 0.488 e. The summed E-state index contributed by atoms with van der Waals surface area (Å²) < 4.78 is 8.81. The Morgan fingerprint density at radius 3 is 2.52 bits per heavy atom. The Hall–Kier alpha value is -3.30. The summed E-state index contributed by atoms with van der Waals surface area (Å²) in [6, 6.07) is 17.3. The predicted molar refractivity (Wildman–Crippen MR) is 133 cm³/mol. The summed E-state index contributed by atoms with van der Waals surface area (Å²) in [7, 11) is 0. The van der Waals surface area contributed by atoms with Gasteiger partial charge in [-0.25, -0.2) is 9.78 Å². The predicted octanol–water partition coefficient (Wildman–Crippen LogP) is 5.39. The number of carbonyl (C=O) groups is 1. The fraction of sp³-hybridized carbons (Fsp3) is 0.0833. The van der Waals surface area contributed by atoms with E-state index >= 15 is 0 Å². The van der Waals surface area contributed by atoms with E-state index < -0.39 is 5.97 Å². The Kier molecular flexibility index (Phi) is 6.71. The van der Waals surface area contributed by atoms with Gasteiger partial charge in [-0.3, -0.25) is 4.79 Å². The average molecular weight is 571 g/mol. The van der Waals surface area contributed by atoms with Gasteiger partial charge in [-0.05, 0) is 61.0 Å². The number of fused-ring (bicyclic) bond motifs is 1. The van der Waals surface area contributed by atoms with E-state index in [-0.39, 0.29) is 17.7 Å². The standard InChI is InChI=1S/C24H17Br2N3O4/c1-14-28-21-8-6-19(26)11-20(21)23(30)29(14)27-12-17-10-18(25)7-9-22(17)33-13-15-2-4-16(5-3-15)24(31)32/h2-12H,13H2,1H3,(H,31,32). The number of carboxylic acid groups (broad SMARTS) is 1. The van der Waals surface area contributed by atoms with Crippen LogP contribution in [0.15, 0.2) is 79.5 Å². The Balaban J connectivity index is 1.63. The smallest absolute Gasteiger partial charge is 0.335 e. The molecule has 4 rings (SSSR count). The van der Waals surface area contributed by atoms with Crippen LogP contribution in [-0.2, 0) is 6.61 Å². The van der Waals surface area contributed by atoms with Crippen molar-refractivity contribution < 1.29 is 14.6 Å². The maximum atomic E-state index is 13.0. The van der Waals surface area contributed by atoms with Crippen molar-refractivity contribution in [2.45, 2.75) is 13.5 Å². The number of nitrogens with zero attached hydrogens (tertiary/aromatic N) is 3. The molecule has 3 aromatic carbocycles. The van der Waals surface area contributed by atoms with E-state index in [1.807, 2.05) is 18.2 Å². The fourth-order valence-electron chi connectivity index (χ4n) is 3.17. The van der Waals surface area contributed by atoms with Gasteiger partial charge in [0.2, 0.25) is 0 Å². The van der Waals surface area contributed by atoms with Crippen LogP contribution in [0.25, 0.3) is 10.9 Å². The molecule has 0 saturated carbocycles. The van der Waals surface area contributed by atoms with Gasteiger partial charge in [0.15, 0.2) is 0 Å². The first-order valence-electron chi connectivity index (χ1n) is 9.79. The molecular weight excluding hydrogens is 554 g/mol. The number of halogens is 2. The zero-order valence-corrected chi connectivity index (χ0v) is 20.5. The highest BCUT2D eigenvalue weighted by atomic mass is 79.9. The SMILES string of the molecule is Cc1nc2ccc(Br)cc2c(=O)n1N=Cc1cc(Br)ccc1OCc1ccc(C(=O)O)cc1. The Morgan fingerprint density at radius 1 is 1.09 bits per heavy atom. The number of aromatic carboxylic acids is 1. The van der Waals surface area contributed by atoms with Gasteiger partial charge in [0.05, 0.1) is 22.7 Å². The third-order valence-electron chi connectivity index (χ3n) is 4.85. The summed E-state index contributed by atoms with van der Waals surface area (Å²) in [6.07, 6.45) is 1.55. The number of aromatic nitrogens is 2. The van der Waals surface area contributed by atoms with Crippen LogP contribution < -0.4 is 10.3 Å². The summed E-state index contributed by atoms with van der Waals surface area (Å²) in [6.45, 7) is 1.96. The lowest BCUT2D eigenvalue weighted by Crippen LogP contribution is -2.20. The van der Waals surface area contributed by atoms with Gasteiger partial charge in [0.1, 0.15) is 18.2 Å². The molecule has 1 aromatic heterocycles. The molecule has 0 saturated heterocycles. The number of benzene rings is 3. The molecule has 0 aliphatic rings. The molecule has 0 bridgehead atoms. The van der Waals surface area contributed by atoms with E-state index in [1.165, 1.54) is 16.8 Å². The molecule has 4 aromatic rings. The van der Waals surface area contributed by atoms with Crippen LogP contribution >= 0.6 is 31.9 Å². The van der Waals surface area contributed by atoms with Crippen LogP contribution in [0.3, 0.4) is 0 Å². The zero-order valence-electron chi connectivity index (χ0n) is 17.3. The minimum atomic E-state index is -0.977. The summed E-state index contributed by atoms with van der Waals surface area (Å²) in [5, 5.41) is 13.9. The Labute approximate surface area is 205 Å². The lowest BCUT2D eigenvalue weighted by molar-refractivity contribution is 0.0697. The summed E-state index contributed by atoms with van der Waals surface area (Å²) >= 11 is 6.84. The zero-order chi connectivity index (χ0) is 23.5. The van der Waals surface area contributed by atoms with Crippen LogP contribution in [0.2, 0.25) is 0 Å². The number of ether oxygens (including phenoxy) is 1. The summed E-state index contributed by atoms with van der Waals surface area (Å²) in [4.78, 5) is 28.5. The van der Waals surface area contributed by atoms with Gasteiger partial charge in [0, 0.05) is 14.5 Å². The average Bonchev–Trinajstić information content (AvgIpc) is 2.79. The molecule has 0 unspecified atom stereocenters.